The van der Waals surface area contributed by atoms with Crippen molar-refractivity contribution in [1.29, 1.82) is 0 Å². The fourth-order valence-corrected chi connectivity index (χ4v) is 1.97. The van der Waals surface area contributed by atoms with Gasteiger partial charge in [-0.25, -0.2) is 4.79 Å². The van der Waals surface area contributed by atoms with Crippen molar-refractivity contribution in [3.63, 3.8) is 0 Å². The number of aliphatic carboxylic acids is 1. The lowest BCUT2D eigenvalue weighted by molar-refractivity contribution is -0.163. The predicted octanol–water partition coefficient (Wildman–Crippen LogP) is 1.71. The fourth-order valence-electron chi connectivity index (χ4n) is 1.97. The minimum atomic E-state index is -1.22. The normalized spacial score (nSPS) is 18.1. The molecule has 1 aliphatic rings. The average molecular weight is 252 g/mol. The molecule has 0 aliphatic carbocycles. The van der Waals surface area contributed by atoms with Crippen LogP contribution < -0.4 is 9.47 Å². The molecule has 5 heteroatoms. The third kappa shape index (κ3) is 2.41. The lowest BCUT2D eigenvalue weighted by atomic mass is 9.94. The van der Waals surface area contributed by atoms with Gasteiger partial charge in [-0.3, -0.25) is 0 Å². The van der Waals surface area contributed by atoms with Crippen LogP contribution in [0.25, 0.3) is 0 Å². The van der Waals surface area contributed by atoms with Crippen LogP contribution in [0.15, 0.2) is 24.3 Å². The second kappa shape index (κ2) is 5.27. The van der Waals surface area contributed by atoms with Gasteiger partial charge in [-0.1, -0.05) is 12.1 Å². The number of carbonyl (C=O) groups is 1. The third-order valence-electron chi connectivity index (χ3n) is 3.06. The molecular weight excluding hydrogens is 236 g/mol. The fraction of sp³-hybridized carbons (Fsp3) is 0.462. The van der Waals surface area contributed by atoms with E-state index < -0.39 is 11.6 Å². The second-order valence-electron chi connectivity index (χ2n) is 4.16. The van der Waals surface area contributed by atoms with Gasteiger partial charge < -0.3 is 19.3 Å². The SMILES string of the molecule is COc1ccccc1OC1(C(=O)O)CCOCC1. The van der Waals surface area contributed by atoms with Crippen molar-refractivity contribution >= 4 is 5.97 Å². The molecule has 0 aromatic heterocycles. The number of ether oxygens (including phenoxy) is 3. The Morgan fingerprint density at radius 2 is 1.89 bits per heavy atom. The van der Waals surface area contributed by atoms with E-state index in [2.05, 4.69) is 0 Å². The topological polar surface area (TPSA) is 65.0 Å². The van der Waals surface area contributed by atoms with Crippen LogP contribution in [0.1, 0.15) is 12.8 Å². The molecule has 1 aliphatic heterocycles. The Kier molecular flexibility index (Phi) is 3.72. The highest BCUT2D eigenvalue weighted by molar-refractivity contribution is 5.78. The number of para-hydroxylation sites is 2. The molecule has 1 fully saturated rings. The first-order valence-corrected chi connectivity index (χ1v) is 5.81. The number of hydrogen-bond donors (Lipinski definition) is 1. The molecule has 0 bridgehead atoms. The van der Waals surface area contributed by atoms with Crippen LogP contribution >= 0.6 is 0 Å². The number of rotatable bonds is 4. The van der Waals surface area contributed by atoms with E-state index in [0.717, 1.165) is 0 Å². The van der Waals surface area contributed by atoms with Crippen LogP contribution in [-0.4, -0.2) is 37.0 Å². The molecule has 1 heterocycles. The van der Waals surface area contributed by atoms with Crippen LogP contribution in [0.5, 0.6) is 11.5 Å². The van der Waals surface area contributed by atoms with Crippen molar-refractivity contribution in [2.75, 3.05) is 20.3 Å². The Hall–Kier alpha value is -1.75. The minimum absolute atomic E-state index is 0.334. The van der Waals surface area contributed by atoms with E-state index in [1.807, 2.05) is 6.07 Å². The summed E-state index contributed by atoms with van der Waals surface area (Å²) in [6.07, 6.45) is 0.667. The van der Waals surface area contributed by atoms with Crippen LogP contribution in [0.4, 0.5) is 0 Å². The lowest BCUT2D eigenvalue weighted by Gasteiger charge is -2.33. The summed E-state index contributed by atoms with van der Waals surface area (Å²) >= 11 is 0. The molecule has 0 saturated carbocycles. The van der Waals surface area contributed by atoms with Crippen LogP contribution in [-0.2, 0) is 9.53 Å². The zero-order valence-corrected chi connectivity index (χ0v) is 10.2. The Morgan fingerprint density at radius 3 is 2.44 bits per heavy atom. The smallest absolute Gasteiger partial charge is 0.348 e. The van der Waals surface area contributed by atoms with Crippen molar-refractivity contribution in [3.05, 3.63) is 24.3 Å². The van der Waals surface area contributed by atoms with Crippen LogP contribution in [0, 0.1) is 0 Å². The molecule has 1 aromatic carbocycles. The Labute approximate surface area is 105 Å². The Morgan fingerprint density at radius 1 is 1.28 bits per heavy atom. The average Bonchev–Trinajstić information content (AvgIpc) is 2.40. The zero-order chi connectivity index (χ0) is 13.0. The second-order valence-corrected chi connectivity index (χ2v) is 4.16. The summed E-state index contributed by atoms with van der Waals surface area (Å²) in [5.74, 6) is 0.0191. The van der Waals surface area contributed by atoms with E-state index in [1.54, 1.807) is 18.2 Å². The summed E-state index contributed by atoms with van der Waals surface area (Å²) in [6, 6.07) is 7.04. The molecule has 2 rings (SSSR count). The molecule has 0 spiro atoms. The molecule has 1 saturated heterocycles. The third-order valence-corrected chi connectivity index (χ3v) is 3.06. The summed E-state index contributed by atoms with van der Waals surface area (Å²) in [5, 5.41) is 9.39. The molecular formula is C13H16O5. The number of carboxylic acids is 1. The minimum Gasteiger partial charge on any atom is -0.493 e. The van der Waals surface area contributed by atoms with Gasteiger partial charge in [0.05, 0.1) is 20.3 Å². The molecule has 0 atom stereocenters. The van der Waals surface area contributed by atoms with Crippen molar-refractivity contribution < 1.29 is 24.1 Å². The van der Waals surface area contributed by atoms with E-state index in [4.69, 9.17) is 14.2 Å². The molecule has 1 N–H and O–H groups in total. The predicted molar refractivity (Wildman–Crippen MR) is 64.0 cm³/mol. The molecule has 0 amide bonds. The van der Waals surface area contributed by atoms with Crippen LogP contribution in [0.3, 0.4) is 0 Å². The van der Waals surface area contributed by atoms with E-state index in [0.29, 0.717) is 37.6 Å². The van der Waals surface area contributed by atoms with Crippen LogP contribution in [0.2, 0.25) is 0 Å². The summed E-state index contributed by atoms with van der Waals surface area (Å²) in [4.78, 5) is 11.5. The monoisotopic (exact) mass is 252 g/mol. The van der Waals surface area contributed by atoms with Gasteiger partial charge in [0.2, 0.25) is 5.60 Å². The first-order valence-electron chi connectivity index (χ1n) is 5.81. The Bertz CT molecular complexity index is 423. The molecule has 5 nitrogen and oxygen atoms in total. The van der Waals surface area contributed by atoms with Crippen molar-refractivity contribution in [3.8, 4) is 11.5 Å². The van der Waals surface area contributed by atoms with E-state index in [-0.39, 0.29) is 0 Å². The molecule has 0 unspecified atom stereocenters. The first-order chi connectivity index (χ1) is 8.68. The standard InChI is InChI=1S/C13H16O5/c1-16-10-4-2-3-5-11(10)18-13(12(14)15)6-8-17-9-7-13/h2-5H,6-9H2,1H3,(H,14,15). The van der Waals surface area contributed by atoms with Crippen molar-refractivity contribution in [2.24, 2.45) is 0 Å². The maximum Gasteiger partial charge on any atom is 0.348 e. The van der Waals surface area contributed by atoms with Gasteiger partial charge in [-0.15, -0.1) is 0 Å². The van der Waals surface area contributed by atoms with Gasteiger partial charge >= 0.3 is 5.97 Å². The summed E-state index contributed by atoms with van der Waals surface area (Å²) in [6.45, 7) is 0.781. The highest BCUT2D eigenvalue weighted by atomic mass is 16.6. The summed E-state index contributed by atoms with van der Waals surface area (Å²) < 4.78 is 16.1. The van der Waals surface area contributed by atoms with Gasteiger partial charge in [-0.2, -0.15) is 0 Å². The van der Waals surface area contributed by atoms with Gasteiger partial charge in [0.25, 0.3) is 0 Å². The summed E-state index contributed by atoms with van der Waals surface area (Å²) in [7, 11) is 1.53. The number of methoxy groups -OCH3 is 1. The van der Waals surface area contributed by atoms with Gasteiger partial charge in [0.1, 0.15) is 0 Å². The lowest BCUT2D eigenvalue weighted by Crippen LogP contribution is -2.49. The zero-order valence-electron chi connectivity index (χ0n) is 10.2. The molecule has 18 heavy (non-hydrogen) atoms. The van der Waals surface area contributed by atoms with Crippen molar-refractivity contribution in [2.45, 2.75) is 18.4 Å². The number of hydrogen-bond acceptors (Lipinski definition) is 4. The van der Waals surface area contributed by atoms with E-state index in [9.17, 15) is 9.90 Å². The van der Waals surface area contributed by atoms with Crippen molar-refractivity contribution in [1.82, 2.24) is 0 Å². The van der Waals surface area contributed by atoms with Gasteiger partial charge in [-0.05, 0) is 12.1 Å². The highest BCUT2D eigenvalue weighted by Gasteiger charge is 2.43. The summed E-state index contributed by atoms with van der Waals surface area (Å²) in [5.41, 5.74) is -1.22. The molecule has 1 aromatic rings. The largest absolute Gasteiger partial charge is 0.493 e. The highest BCUT2D eigenvalue weighted by Crippen LogP contribution is 2.34. The van der Waals surface area contributed by atoms with Gasteiger partial charge in [0, 0.05) is 12.8 Å². The number of carboxylic acid groups (broad SMARTS) is 1. The maximum absolute atomic E-state index is 11.5. The molecule has 98 valence electrons. The maximum atomic E-state index is 11.5. The van der Waals surface area contributed by atoms with E-state index in [1.165, 1.54) is 7.11 Å². The first kappa shape index (κ1) is 12.7. The van der Waals surface area contributed by atoms with E-state index >= 15 is 0 Å². The van der Waals surface area contributed by atoms with Gasteiger partial charge in [0.15, 0.2) is 11.5 Å². The molecule has 0 radical (unpaired) electrons. The Balaban J connectivity index is 2.26. The number of benzene rings is 1. The quantitative estimate of drug-likeness (QED) is 0.883.